The summed E-state index contributed by atoms with van der Waals surface area (Å²) in [6, 6.07) is 17.0. The number of likely N-dealkylation sites (tertiary alicyclic amines) is 1. The Morgan fingerprint density at radius 3 is 2.40 bits per heavy atom. The van der Waals surface area contributed by atoms with Crippen LogP contribution in [0.4, 0.5) is 24.5 Å². The van der Waals surface area contributed by atoms with Gasteiger partial charge in [-0.25, -0.2) is 18.2 Å². The van der Waals surface area contributed by atoms with Crippen molar-refractivity contribution in [1.82, 2.24) is 29.4 Å². The Morgan fingerprint density at radius 1 is 0.912 bits per heavy atom. The van der Waals surface area contributed by atoms with Crippen LogP contribution in [0.3, 0.4) is 0 Å². The fourth-order valence-electron chi connectivity index (χ4n) is 10.7. The van der Waals surface area contributed by atoms with E-state index in [0.29, 0.717) is 47.0 Å². The first kappa shape index (κ1) is 45.7. The largest absolute Gasteiger partial charge is 0.372 e. The van der Waals surface area contributed by atoms with Crippen molar-refractivity contribution in [1.29, 1.82) is 0 Å². The summed E-state index contributed by atoms with van der Waals surface area (Å²) in [6.45, 7) is 6.44. The third-order valence-electron chi connectivity index (χ3n) is 14.9. The van der Waals surface area contributed by atoms with E-state index in [2.05, 4.69) is 54.1 Å². The van der Waals surface area contributed by atoms with Crippen LogP contribution in [-0.4, -0.2) is 114 Å². The summed E-state index contributed by atoms with van der Waals surface area (Å²) in [4.78, 5) is 65.1. The first-order chi connectivity index (χ1) is 32.7. The maximum absolute atomic E-state index is 15.9. The fourth-order valence-corrected chi connectivity index (χ4v) is 12.0. The summed E-state index contributed by atoms with van der Waals surface area (Å²) in [5.41, 5.74) is 2.48. The summed E-state index contributed by atoms with van der Waals surface area (Å²) in [5, 5.41) is 2.71. The number of benzene rings is 3. The second kappa shape index (κ2) is 18.1. The number of piperidine rings is 3. The minimum Gasteiger partial charge on any atom is -0.372 e. The molecule has 3 amide bonds. The summed E-state index contributed by atoms with van der Waals surface area (Å²) in [6.07, 6.45) is 7.90. The number of amides is 3. The molecule has 5 aliphatic heterocycles. The molecular formula is C50H53F3N8O6S. The molecule has 2 atom stereocenters. The van der Waals surface area contributed by atoms with Crippen molar-refractivity contribution < 1.29 is 40.8 Å². The third kappa shape index (κ3) is 8.77. The minimum atomic E-state index is -4.40. The number of halogens is 3. The van der Waals surface area contributed by atoms with E-state index in [1.165, 1.54) is 11.8 Å². The molecule has 18 heteroatoms. The number of pyridine rings is 1. The first-order valence-electron chi connectivity index (χ1n) is 23.5. The molecular weight excluding hydrogens is 898 g/mol. The Morgan fingerprint density at radius 2 is 1.68 bits per heavy atom. The second-order valence-electron chi connectivity index (χ2n) is 19.0. The average Bonchev–Trinajstić information content (AvgIpc) is 4.05. The van der Waals surface area contributed by atoms with Gasteiger partial charge in [-0.05, 0) is 123 Å². The predicted molar refractivity (Wildman–Crippen MR) is 250 cm³/mol. The molecule has 1 unspecified atom stereocenters. The predicted octanol–water partition coefficient (Wildman–Crippen LogP) is 7.08. The number of anilines is 2. The van der Waals surface area contributed by atoms with E-state index in [9.17, 15) is 32.0 Å². The number of imide groups is 1. The lowest BCUT2D eigenvalue weighted by molar-refractivity contribution is -0.136. The fraction of sp³-hybridized carbons (Fsp3) is 0.420. The number of ketones is 1. The molecule has 356 valence electrons. The lowest BCUT2D eigenvalue weighted by Crippen LogP contribution is -2.52. The van der Waals surface area contributed by atoms with Crippen LogP contribution in [-0.2, 0) is 26.3 Å². The van der Waals surface area contributed by atoms with Crippen LogP contribution in [0, 0.1) is 17.6 Å². The van der Waals surface area contributed by atoms with Gasteiger partial charge in [-0.1, -0.05) is 31.2 Å². The van der Waals surface area contributed by atoms with Crippen LogP contribution in [0.25, 0.3) is 22.2 Å². The summed E-state index contributed by atoms with van der Waals surface area (Å²) in [7, 11) is -4.40. The zero-order valence-corrected chi connectivity index (χ0v) is 38.5. The highest BCUT2D eigenvalue weighted by Crippen LogP contribution is 2.37. The number of alkyl halides is 1. The topological polar surface area (TPSA) is 168 Å². The van der Waals surface area contributed by atoms with Gasteiger partial charge in [-0.3, -0.25) is 29.2 Å². The molecule has 3 N–H and O–H groups in total. The molecule has 0 aliphatic carbocycles. The number of nitrogens with one attached hydrogen (secondary N) is 3. The van der Waals surface area contributed by atoms with Gasteiger partial charge >= 0.3 is 10.2 Å². The molecule has 0 spiro atoms. The molecule has 5 aromatic rings. The number of fused-ring (bicyclic) bond motifs is 2. The molecule has 14 nitrogen and oxygen atoms in total. The van der Waals surface area contributed by atoms with Crippen LogP contribution >= 0.6 is 0 Å². The summed E-state index contributed by atoms with van der Waals surface area (Å²) < 4.78 is 75.1. The van der Waals surface area contributed by atoms with Crippen LogP contribution < -0.4 is 14.9 Å². The molecule has 2 aromatic heterocycles. The van der Waals surface area contributed by atoms with Crippen LogP contribution in [0.5, 0.6) is 0 Å². The van der Waals surface area contributed by atoms with Crippen molar-refractivity contribution in [3.8, 4) is 11.1 Å². The van der Waals surface area contributed by atoms with E-state index in [1.54, 1.807) is 24.1 Å². The van der Waals surface area contributed by atoms with E-state index in [1.807, 2.05) is 18.2 Å². The summed E-state index contributed by atoms with van der Waals surface area (Å²) in [5.74, 6) is -3.39. The van der Waals surface area contributed by atoms with Gasteiger partial charge in [-0.2, -0.15) is 12.7 Å². The Kier molecular flexibility index (Phi) is 12.1. The van der Waals surface area contributed by atoms with E-state index in [-0.39, 0.29) is 43.2 Å². The van der Waals surface area contributed by atoms with Gasteiger partial charge in [0.25, 0.3) is 5.91 Å². The monoisotopic (exact) mass is 950 g/mol. The third-order valence-corrected chi connectivity index (χ3v) is 16.3. The number of rotatable bonds is 12. The van der Waals surface area contributed by atoms with Crippen molar-refractivity contribution in [2.75, 3.05) is 55.4 Å². The van der Waals surface area contributed by atoms with E-state index < -0.39 is 63.0 Å². The number of nitrogens with zero attached hydrogens (tertiary/aromatic N) is 5. The summed E-state index contributed by atoms with van der Waals surface area (Å²) >= 11 is 0. The SMILES string of the molecule is CCC1(F)CCN(S(=O)(=O)Nc2ccc(F)c(C(=O)c3c[nH]c4ncc(-c5ccc(N6CCC(CN7CCC(c8ccc9c(c8)CN([C@H]8CCC(=O)NC8=O)C9=O)CC7)CC6)cc5)cc34)c2F)C1. The van der Waals surface area contributed by atoms with E-state index in [4.69, 9.17) is 0 Å². The van der Waals surface area contributed by atoms with E-state index in [0.717, 1.165) is 91.7 Å². The lowest BCUT2D eigenvalue weighted by atomic mass is 9.87. The van der Waals surface area contributed by atoms with Gasteiger partial charge in [0.15, 0.2) is 5.82 Å². The molecule has 7 heterocycles. The van der Waals surface area contributed by atoms with Crippen molar-refractivity contribution >= 4 is 56.1 Å². The van der Waals surface area contributed by atoms with Crippen molar-refractivity contribution in [3.63, 3.8) is 0 Å². The first-order valence-corrected chi connectivity index (χ1v) is 24.9. The number of hydrogen-bond acceptors (Lipinski definition) is 9. The Balaban J connectivity index is 0.730. The normalized spacial score (nSPS) is 22.3. The number of aromatic amines is 1. The highest BCUT2D eigenvalue weighted by Gasteiger charge is 2.43. The Hall–Kier alpha value is -6.11. The van der Waals surface area contributed by atoms with Gasteiger partial charge in [0.2, 0.25) is 17.6 Å². The van der Waals surface area contributed by atoms with Gasteiger partial charge in [0.05, 0.1) is 11.3 Å². The molecule has 3 aromatic carbocycles. The van der Waals surface area contributed by atoms with Crippen molar-refractivity contribution in [3.05, 3.63) is 113 Å². The van der Waals surface area contributed by atoms with Crippen molar-refractivity contribution in [2.24, 2.45) is 5.92 Å². The highest BCUT2D eigenvalue weighted by atomic mass is 32.2. The average molecular weight is 951 g/mol. The highest BCUT2D eigenvalue weighted by molar-refractivity contribution is 7.90. The van der Waals surface area contributed by atoms with Crippen LogP contribution in [0.1, 0.15) is 102 Å². The number of hydrogen-bond donors (Lipinski definition) is 3. The second-order valence-corrected chi connectivity index (χ2v) is 20.7. The quantitative estimate of drug-likeness (QED) is 0.0875. The standard InChI is InChI=1S/C50H53F3N8O6S/c1-2-50(53)17-22-60(29-50)68(66,67)57-41-10-9-40(51)44(45(41)52)46(63)39-26-55-47-38(39)24-34(25-54-47)31-3-6-36(7-4-31)59-20-13-30(14-21-59)27-58-18-15-32(16-19-58)33-5-8-37-35(23-33)28-61(49(37)65)42-11-12-43(62)56-48(42)64/h3-10,23-26,30,32,42,57H,2,11-22,27-29H2,1H3,(H,54,55)(H,56,62,64)/t42-,50?/m0/s1. The number of carbonyl (C=O) groups is 4. The van der Waals surface area contributed by atoms with Crippen LogP contribution in [0.2, 0.25) is 0 Å². The van der Waals surface area contributed by atoms with Crippen LogP contribution in [0.15, 0.2) is 73.1 Å². The van der Waals surface area contributed by atoms with Crippen molar-refractivity contribution in [2.45, 2.75) is 82.5 Å². The number of H-pyrrole nitrogens is 1. The number of carbonyl (C=O) groups excluding carboxylic acids is 4. The molecule has 10 rings (SSSR count). The smallest absolute Gasteiger partial charge is 0.301 e. The van der Waals surface area contributed by atoms with Gasteiger partial charge in [0.1, 0.15) is 23.2 Å². The minimum absolute atomic E-state index is 0.00574. The molecule has 0 saturated carbocycles. The molecule has 4 saturated heterocycles. The van der Waals surface area contributed by atoms with Gasteiger partial charge in [0, 0.05) is 85.8 Å². The molecule has 68 heavy (non-hydrogen) atoms. The van der Waals surface area contributed by atoms with Gasteiger partial charge < -0.3 is 19.7 Å². The maximum Gasteiger partial charge on any atom is 0.301 e. The molecule has 5 aliphatic rings. The molecule has 0 bridgehead atoms. The Bertz CT molecular complexity index is 2930. The number of aromatic nitrogens is 2. The molecule has 0 radical (unpaired) electrons. The van der Waals surface area contributed by atoms with Gasteiger partial charge in [-0.15, -0.1) is 0 Å². The van der Waals surface area contributed by atoms with E-state index >= 15 is 8.78 Å². The Labute approximate surface area is 392 Å². The maximum atomic E-state index is 15.9. The zero-order valence-electron chi connectivity index (χ0n) is 37.7. The molecule has 4 fully saturated rings. The lowest BCUT2D eigenvalue weighted by Gasteiger charge is -2.38. The zero-order chi connectivity index (χ0) is 47.5.